The molecule has 0 aromatic rings. The minimum absolute atomic E-state index is 0.107. The van der Waals surface area contributed by atoms with Crippen LogP contribution in [0.4, 0.5) is 0 Å². The summed E-state index contributed by atoms with van der Waals surface area (Å²) in [6.45, 7) is 5.93. The molecule has 2 heteroatoms. The molecule has 0 amide bonds. The average Bonchev–Trinajstić information content (AvgIpc) is 2.09. The van der Waals surface area contributed by atoms with Crippen LogP contribution in [0.3, 0.4) is 0 Å². The molecule has 0 spiro atoms. The van der Waals surface area contributed by atoms with E-state index in [0.29, 0.717) is 18.8 Å². The number of hydrogen-bond donors (Lipinski definition) is 1. The number of allylic oxidation sites excluding steroid dienone is 1. The molecule has 0 saturated heterocycles. The summed E-state index contributed by atoms with van der Waals surface area (Å²) >= 11 is 0. The van der Waals surface area contributed by atoms with Gasteiger partial charge in [-0.2, -0.15) is 0 Å². The van der Waals surface area contributed by atoms with Crippen LogP contribution in [0.2, 0.25) is 0 Å². The Kier molecular flexibility index (Phi) is 3.48. The number of carbonyl (C=O) groups excluding carboxylic acids is 1. The van der Waals surface area contributed by atoms with Gasteiger partial charge < -0.3 is 5.11 Å². The second-order valence-electron chi connectivity index (χ2n) is 4.80. The number of rotatable bonds is 2. The molecule has 1 N–H and O–H groups in total. The van der Waals surface area contributed by atoms with Crippen molar-refractivity contribution < 1.29 is 9.90 Å². The maximum absolute atomic E-state index is 11.7. The molecule has 0 radical (unpaired) electrons. The van der Waals surface area contributed by atoms with E-state index in [4.69, 9.17) is 0 Å². The van der Waals surface area contributed by atoms with Gasteiger partial charge in [-0.15, -0.1) is 0 Å². The molecule has 0 unspecified atom stereocenters. The van der Waals surface area contributed by atoms with Gasteiger partial charge in [-0.3, -0.25) is 4.79 Å². The van der Waals surface area contributed by atoms with E-state index in [-0.39, 0.29) is 5.78 Å². The molecule has 14 heavy (non-hydrogen) atoms. The highest BCUT2D eigenvalue weighted by molar-refractivity contribution is 5.97. The number of ketones is 1. The Balaban J connectivity index is 2.66. The van der Waals surface area contributed by atoms with Crippen molar-refractivity contribution in [3.05, 3.63) is 11.6 Å². The predicted molar refractivity (Wildman–Crippen MR) is 57.0 cm³/mol. The van der Waals surface area contributed by atoms with E-state index in [0.717, 1.165) is 18.4 Å². The molecule has 0 aromatic heterocycles. The van der Waals surface area contributed by atoms with Crippen LogP contribution in [0.5, 0.6) is 0 Å². The summed E-state index contributed by atoms with van der Waals surface area (Å²) in [5.41, 5.74) is -0.105. The van der Waals surface area contributed by atoms with Crippen LogP contribution in [-0.2, 0) is 4.79 Å². The average molecular weight is 196 g/mol. The number of aliphatic hydroxyl groups is 1. The highest BCUT2D eigenvalue weighted by atomic mass is 16.3. The van der Waals surface area contributed by atoms with E-state index in [2.05, 4.69) is 6.92 Å². The fraction of sp³-hybridized carbons (Fsp3) is 0.750. The van der Waals surface area contributed by atoms with Gasteiger partial charge in [0.25, 0.3) is 0 Å². The first kappa shape index (κ1) is 11.4. The zero-order valence-corrected chi connectivity index (χ0v) is 9.34. The van der Waals surface area contributed by atoms with Crippen molar-refractivity contribution in [2.45, 2.75) is 52.1 Å². The van der Waals surface area contributed by atoms with Gasteiger partial charge in [-0.1, -0.05) is 12.5 Å². The molecule has 0 heterocycles. The third kappa shape index (κ3) is 2.68. The largest absolute Gasteiger partial charge is 0.382 e. The highest BCUT2D eigenvalue weighted by Gasteiger charge is 2.37. The van der Waals surface area contributed by atoms with Crippen LogP contribution < -0.4 is 0 Å². The van der Waals surface area contributed by atoms with Gasteiger partial charge in [-0.05, 0) is 51.5 Å². The Morgan fingerprint density at radius 1 is 1.36 bits per heavy atom. The molecule has 0 aliphatic heterocycles. The summed E-state index contributed by atoms with van der Waals surface area (Å²) in [5.74, 6) is 0.541. The van der Waals surface area contributed by atoms with E-state index in [1.54, 1.807) is 6.08 Å². The second-order valence-corrected chi connectivity index (χ2v) is 4.80. The molecular weight excluding hydrogens is 176 g/mol. The number of carbonyl (C=O) groups is 1. The maximum Gasteiger partial charge on any atom is 0.187 e. The van der Waals surface area contributed by atoms with Gasteiger partial charge in [0.1, 0.15) is 5.60 Å². The van der Waals surface area contributed by atoms with Gasteiger partial charge in [-0.25, -0.2) is 0 Å². The minimum atomic E-state index is -1.07. The third-order valence-corrected chi connectivity index (χ3v) is 2.98. The zero-order chi connectivity index (χ0) is 10.8. The Labute approximate surface area is 86.0 Å². The van der Waals surface area contributed by atoms with Crippen molar-refractivity contribution >= 4 is 5.78 Å². The summed E-state index contributed by atoms with van der Waals surface area (Å²) < 4.78 is 0. The fourth-order valence-electron chi connectivity index (χ4n) is 1.88. The van der Waals surface area contributed by atoms with Crippen molar-refractivity contribution in [1.29, 1.82) is 0 Å². The lowest BCUT2D eigenvalue weighted by Crippen LogP contribution is -2.41. The Bertz CT molecular complexity index is 241. The van der Waals surface area contributed by atoms with Gasteiger partial charge in [0, 0.05) is 0 Å². The summed E-state index contributed by atoms with van der Waals surface area (Å²) in [4.78, 5) is 11.7. The molecule has 0 atom stereocenters. The lowest BCUT2D eigenvalue weighted by molar-refractivity contribution is -0.136. The summed E-state index contributed by atoms with van der Waals surface area (Å²) in [5, 5.41) is 10.1. The molecular formula is C12H20O2. The SMILES string of the molecule is CC(C)=CC(=O)C1(O)CCC(C)CC1. The van der Waals surface area contributed by atoms with E-state index in [9.17, 15) is 9.90 Å². The molecule has 80 valence electrons. The molecule has 1 fully saturated rings. The van der Waals surface area contributed by atoms with Crippen molar-refractivity contribution in [3.8, 4) is 0 Å². The van der Waals surface area contributed by atoms with Crippen LogP contribution in [0, 0.1) is 5.92 Å². The van der Waals surface area contributed by atoms with Gasteiger partial charge in [0.15, 0.2) is 5.78 Å². The van der Waals surface area contributed by atoms with Crippen LogP contribution in [0.25, 0.3) is 0 Å². The van der Waals surface area contributed by atoms with Crippen molar-refractivity contribution in [2.75, 3.05) is 0 Å². The van der Waals surface area contributed by atoms with Crippen molar-refractivity contribution in [1.82, 2.24) is 0 Å². The smallest absolute Gasteiger partial charge is 0.187 e. The molecule has 1 saturated carbocycles. The van der Waals surface area contributed by atoms with Crippen molar-refractivity contribution in [3.63, 3.8) is 0 Å². The molecule has 2 nitrogen and oxygen atoms in total. The topological polar surface area (TPSA) is 37.3 Å². The lowest BCUT2D eigenvalue weighted by Gasteiger charge is -2.32. The lowest BCUT2D eigenvalue weighted by atomic mass is 9.77. The highest BCUT2D eigenvalue weighted by Crippen LogP contribution is 2.32. The first-order chi connectivity index (χ1) is 6.44. The molecule has 1 rings (SSSR count). The maximum atomic E-state index is 11.7. The second kappa shape index (κ2) is 4.26. The Morgan fingerprint density at radius 3 is 2.29 bits per heavy atom. The summed E-state index contributed by atoms with van der Waals surface area (Å²) in [7, 11) is 0. The van der Waals surface area contributed by atoms with E-state index >= 15 is 0 Å². The molecule has 1 aliphatic carbocycles. The number of hydrogen-bond acceptors (Lipinski definition) is 2. The summed E-state index contributed by atoms with van der Waals surface area (Å²) in [6.07, 6.45) is 4.72. The van der Waals surface area contributed by atoms with Gasteiger partial charge in [0.05, 0.1) is 0 Å². The van der Waals surface area contributed by atoms with Crippen LogP contribution in [-0.4, -0.2) is 16.5 Å². The first-order valence-electron chi connectivity index (χ1n) is 5.36. The summed E-state index contributed by atoms with van der Waals surface area (Å²) in [6, 6.07) is 0. The first-order valence-corrected chi connectivity index (χ1v) is 5.36. The quantitative estimate of drug-likeness (QED) is 0.689. The molecule has 0 bridgehead atoms. The Morgan fingerprint density at radius 2 is 1.86 bits per heavy atom. The van der Waals surface area contributed by atoms with Gasteiger partial charge in [0.2, 0.25) is 0 Å². The van der Waals surface area contributed by atoms with Gasteiger partial charge >= 0.3 is 0 Å². The third-order valence-electron chi connectivity index (χ3n) is 2.98. The van der Waals surface area contributed by atoms with E-state index in [1.165, 1.54) is 0 Å². The molecule has 0 aromatic carbocycles. The van der Waals surface area contributed by atoms with Crippen molar-refractivity contribution in [2.24, 2.45) is 5.92 Å². The normalized spacial score (nSPS) is 32.4. The zero-order valence-electron chi connectivity index (χ0n) is 9.34. The monoisotopic (exact) mass is 196 g/mol. The molecule has 1 aliphatic rings. The van der Waals surface area contributed by atoms with E-state index < -0.39 is 5.60 Å². The van der Waals surface area contributed by atoms with Crippen LogP contribution in [0.15, 0.2) is 11.6 Å². The standard InChI is InChI=1S/C12H20O2/c1-9(2)8-11(13)12(14)6-4-10(3)5-7-12/h8,10,14H,4-7H2,1-3H3. The van der Waals surface area contributed by atoms with Crippen LogP contribution >= 0.6 is 0 Å². The van der Waals surface area contributed by atoms with Crippen LogP contribution in [0.1, 0.15) is 46.5 Å². The predicted octanol–water partition coefficient (Wildman–Crippen LogP) is 2.46. The minimum Gasteiger partial charge on any atom is -0.382 e. The van der Waals surface area contributed by atoms with E-state index in [1.807, 2.05) is 13.8 Å². The Hall–Kier alpha value is -0.630. The fourth-order valence-corrected chi connectivity index (χ4v) is 1.88.